The second-order valence-corrected chi connectivity index (χ2v) is 5.44. The molecule has 130 valence electrons. The summed E-state index contributed by atoms with van der Waals surface area (Å²) in [4.78, 5) is 17.5. The van der Waals surface area contributed by atoms with Crippen molar-refractivity contribution in [3.05, 3.63) is 30.1 Å². The molecule has 0 aliphatic carbocycles. The normalized spacial score (nSPS) is 18.0. The van der Waals surface area contributed by atoms with Crippen molar-refractivity contribution in [1.29, 1.82) is 0 Å². The topological polar surface area (TPSA) is 107 Å². The second kappa shape index (κ2) is 8.09. The fourth-order valence-corrected chi connectivity index (χ4v) is 2.46. The second-order valence-electron chi connectivity index (χ2n) is 5.44. The van der Waals surface area contributed by atoms with Gasteiger partial charge in [-0.05, 0) is 25.2 Å². The average molecular weight is 354 g/mol. The zero-order valence-corrected chi connectivity index (χ0v) is 14.1. The first-order valence-corrected chi connectivity index (χ1v) is 7.39. The lowest BCUT2D eigenvalue weighted by Gasteiger charge is -2.30. The van der Waals surface area contributed by atoms with Crippen LogP contribution in [0.4, 0.5) is 0 Å². The van der Waals surface area contributed by atoms with Crippen molar-refractivity contribution in [2.45, 2.75) is 6.04 Å². The number of hydrogen-bond acceptors (Lipinski definition) is 7. The van der Waals surface area contributed by atoms with E-state index in [2.05, 4.69) is 20.4 Å². The minimum absolute atomic E-state index is 0. The first kappa shape index (κ1) is 18.2. The quantitative estimate of drug-likeness (QED) is 0.810. The van der Waals surface area contributed by atoms with Crippen LogP contribution in [0.2, 0.25) is 0 Å². The van der Waals surface area contributed by atoms with E-state index >= 15 is 0 Å². The number of carbonyl (C=O) groups excluding carboxylic acids is 1. The molecule has 1 unspecified atom stereocenters. The minimum atomic E-state index is -0.525. The maximum atomic E-state index is 10.8. The molecule has 3 N–H and O–H groups in total. The van der Waals surface area contributed by atoms with Gasteiger partial charge < -0.3 is 20.3 Å². The fourth-order valence-electron chi connectivity index (χ4n) is 2.46. The molecule has 24 heavy (non-hydrogen) atoms. The van der Waals surface area contributed by atoms with Gasteiger partial charge in [-0.25, -0.2) is 0 Å². The van der Waals surface area contributed by atoms with Crippen LogP contribution in [0.25, 0.3) is 11.5 Å². The highest BCUT2D eigenvalue weighted by molar-refractivity contribution is 5.85. The summed E-state index contributed by atoms with van der Waals surface area (Å²) in [5.41, 5.74) is 5.81. The molecule has 1 aromatic carbocycles. The van der Waals surface area contributed by atoms with Crippen molar-refractivity contribution >= 4 is 18.3 Å². The van der Waals surface area contributed by atoms with Crippen molar-refractivity contribution in [2.24, 2.45) is 5.73 Å². The van der Waals surface area contributed by atoms with Crippen LogP contribution in [0.1, 0.15) is 11.9 Å². The summed E-state index contributed by atoms with van der Waals surface area (Å²) in [5, 5.41) is 7.41. The Hall–Kier alpha value is -2.16. The molecule has 2 heterocycles. The molecule has 1 fully saturated rings. The number of amides is 1. The summed E-state index contributed by atoms with van der Waals surface area (Å²) >= 11 is 0. The van der Waals surface area contributed by atoms with Gasteiger partial charge in [-0.1, -0.05) is 11.2 Å². The van der Waals surface area contributed by atoms with E-state index in [1.807, 2.05) is 13.1 Å². The average Bonchev–Trinajstić information content (AvgIpc) is 3.03. The standard InChI is InChI=1S/C15H19N5O3.ClH/c1-20-6-5-17-8-12(20)14-18-15(23-19-14)10-3-2-4-11(7-10)22-9-13(16)21;/h2-4,7,12,17H,5-6,8-9H2,1H3,(H2,16,21);1H. The molecule has 0 bridgehead atoms. The summed E-state index contributed by atoms with van der Waals surface area (Å²) in [6.07, 6.45) is 0. The number of aromatic nitrogens is 2. The van der Waals surface area contributed by atoms with Crippen LogP contribution in [-0.4, -0.2) is 54.2 Å². The third kappa shape index (κ3) is 4.22. The molecule has 1 aliphatic heterocycles. The van der Waals surface area contributed by atoms with E-state index < -0.39 is 5.91 Å². The smallest absolute Gasteiger partial charge is 0.258 e. The molecule has 0 saturated carbocycles. The molecule has 8 nitrogen and oxygen atoms in total. The first-order valence-electron chi connectivity index (χ1n) is 7.39. The van der Waals surface area contributed by atoms with Crippen molar-refractivity contribution in [3.63, 3.8) is 0 Å². The summed E-state index contributed by atoms with van der Waals surface area (Å²) in [7, 11) is 2.04. The summed E-state index contributed by atoms with van der Waals surface area (Å²) in [6.45, 7) is 2.51. The monoisotopic (exact) mass is 353 g/mol. The van der Waals surface area contributed by atoms with Crippen LogP contribution in [0, 0.1) is 0 Å². The van der Waals surface area contributed by atoms with Crippen molar-refractivity contribution in [1.82, 2.24) is 20.4 Å². The molecule has 1 aromatic heterocycles. The minimum Gasteiger partial charge on any atom is -0.484 e. The largest absolute Gasteiger partial charge is 0.484 e. The molecule has 9 heteroatoms. The Labute approximate surface area is 145 Å². The number of hydrogen-bond donors (Lipinski definition) is 2. The molecule has 2 aromatic rings. The van der Waals surface area contributed by atoms with Crippen LogP contribution in [0.3, 0.4) is 0 Å². The number of nitrogens with zero attached hydrogens (tertiary/aromatic N) is 3. The fraction of sp³-hybridized carbons (Fsp3) is 0.400. The molecule has 0 spiro atoms. The Morgan fingerprint density at radius 3 is 3.12 bits per heavy atom. The maximum absolute atomic E-state index is 10.8. The van der Waals surface area contributed by atoms with E-state index in [4.69, 9.17) is 15.0 Å². The number of halogens is 1. The third-order valence-electron chi connectivity index (χ3n) is 3.71. The number of primary amides is 1. The van der Waals surface area contributed by atoms with Gasteiger partial charge in [-0.2, -0.15) is 4.98 Å². The molecular formula is C15H20ClN5O3. The lowest BCUT2D eigenvalue weighted by Crippen LogP contribution is -2.44. The van der Waals surface area contributed by atoms with Gasteiger partial charge in [0.25, 0.3) is 11.8 Å². The Morgan fingerprint density at radius 1 is 1.54 bits per heavy atom. The molecule has 1 atom stereocenters. The summed E-state index contributed by atoms with van der Waals surface area (Å²) in [5.74, 6) is 1.07. The number of ether oxygens (including phenoxy) is 1. The Kier molecular flexibility index (Phi) is 6.13. The van der Waals surface area contributed by atoms with E-state index in [0.29, 0.717) is 17.5 Å². The molecule has 1 amide bonds. The van der Waals surface area contributed by atoms with Crippen molar-refractivity contribution in [2.75, 3.05) is 33.3 Å². The maximum Gasteiger partial charge on any atom is 0.258 e. The van der Waals surface area contributed by atoms with Gasteiger partial charge in [0.05, 0.1) is 6.04 Å². The van der Waals surface area contributed by atoms with Crippen LogP contribution < -0.4 is 15.8 Å². The van der Waals surface area contributed by atoms with Crippen LogP contribution in [0.5, 0.6) is 5.75 Å². The van der Waals surface area contributed by atoms with Crippen LogP contribution in [0.15, 0.2) is 28.8 Å². The Morgan fingerprint density at radius 2 is 2.38 bits per heavy atom. The zero-order chi connectivity index (χ0) is 16.2. The number of likely N-dealkylation sites (N-methyl/N-ethyl adjacent to an activating group) is 1. The number of benzene rings is 1. The first-order chi connectivity index (χ1) is 11.1. The van der Waals surface area contributed by atoms with Gasteiger partial charge in [-0.3, -0.25) is 9.69 Å². The van der Waals surface area contributed by atoms with Gasteiger partial charge in [-0.15, -0.1) is 12.4 Å². The SMILES string of the molecule is CN1CCNCC1c1noc(-c2cccc(OCC(N)=O)c2)n1.Cl. The van der Waals surface area contributed by atoms with E-state index in [1.165, 1.54) is 0 Å². The predicted molar refractivity (Wildman–Crippen MR) is 89.9 cm³/mol. The van der Waals surface area contributed by atoms with E-state index in [-0.39, 0.29) is 25.1 Å². The van der Waals surface area contributed by atoms with Crippen molar-refractivity contribution in [3.8, 4) is 17.2 Å². The lowest BCUT2D eigenvalue weighted by molar-refractivity contribution is -0.119. The highest BCUT2D eigenvalue weighted by Gasteiger charge is 2.25. The van der Waals surface area contributed by atoms with Gasteiger partial charge in [0.15, 0.2) is 12.4 Å². The molecule has 0 radical (unpaired) electrons. The van der Waals surface area contributed by atoms with Crippen molar-refractivity contribution < 1.29 is 14.1 Å². The number of nitrogens with two attached hydrogens (primary N) is 1. The molecule has 3 rings (SSSR count). The molecule has 1 aliphatic rings. The Balaban J connectivity index is 0.00000208. The van der Waals surface area contributed by atoms with Gasteiger partial charge in [0.2, 0.25) is 0 Å². The Bertz CT molecular complexity index is 693. The third-order valence-corrected chi connectivity index (χ3v) is 3.71. The molecular weight excluding hydrogens is 334 g/mol. The predicted octanol–water partition coefficient (Wildman–Crippen LogP) is 0.599. The summed E-state index contributed by atoms with van der Waals surface area (Å²) < 4.78 is 10.7. The van der Waals surface area contributed by atoms with E-state index in [1.54, 1.807) is 18.2 Å². The highest BCUT2D eigenvalue weighted by Crippen LogP contribution is 2.25. The highest BCUT2D eigenvalue weighted by atomic mass is 35.5. The van der Waals surface area contributed by atoms with Crippen LogP contribution in [-0.2, 0) is 4.79 Å². The van der Waals surface area contributed by atoms with E-state index in [0.717, 1.165) is 25.2 Å². The lowest BCUT2D eigenvalue weighted by atomic mass is 10.2. The molecule has 1 saturated heterocycles. The number of carbonyl (C=O) groups is 1. The number of nitrogens with one attached hydrogen (secondary N) is 1. The summed E-state index contributed by atoms with van der Waals surface area (Å²) in [6, 6.07) is 7.21. The number of piperazine rings is 1. The van der Waals surface area contributed by atoms with Gasteiger partial charge in [0.1, 0.15) is 5.75 Å². The van der Waals surface area contributed by atoms with E-state index in [9.17, 15) is 4.79 Å². The van der Waals surface area contributed by atoms with Gasteiger partial charge in [0, 0.05) is 25.2 Å². The zero-order valence-electron chi connectivity index (χ0n) is 13.3. The number of rotatable bonds is 5. The van der Waals surface area contributed by atoms with Gasteiger partial charge >= 0.3 is 0 Å². The van der Waals surface area contributed by atoms with Crippen LogP contribution >= 0.6 is 12.4 Å².